The molecule has 4 nitrogen and oxygen atoms in total. The van der Waals surface area contributed by atoms with Crippen LogP contribution in [0.25, 0.3) is 0 Å². The molecule has 0 atom stereocenters. The molecule has 0 aliphatic carbocycles. The van der Waals surface area contributed by atoms with E-state index in [1.54, 1.807) is 12.6 Å². The lowest BCUT2D eigenvalue weighted by Crippen LogP contribution is -2.25. The van der Waals surface area contributed by atoms with Crippen molar-refractivity contribution in [1.82, 2.24) is 10.3 Å². The fourth-order valence-corrected chi connectivity index (χ4v) is 1.75. The summed E-state index contributed by atoms with van der Waals surface area (Å²) >= 11 is 1.46. The number of rotatable bonds is 4. The van der Waals surface area contributed by atoms with Crippen LogP contribution in [-0.2, 0) is 11.2 Å². The van der Waals surface area contributed by atoms with Crippen molar-refractivity contribution >= 4 is 22.2 Å². The SMILES string of the molecule is CCc1ncsc1NC(=O)CNC. The van der Waals surface area contributed by atoms with Crippen molar-refractivity contribution in [3.05, 3.63) is 11.2 Å². The lowest BCUT2D eigenvalue weighted by Gasteiger charge is -2.02. The molecule has 1 heterocycles. The Balaban J connectivity index is 2.57. The molecule has 13 heavy (non-hydrogen) atoms. The number of anilines is 1. The molecule has 2 N–H and O–H groups in total. The lowest BCUT2D eigenvalue weighted by molar-refractivity contribution is -0.115. The largest absolute Gasteiger partial charge is 0.315 e. The van der Waals surface area contributed by atoms with Crippen LogP contribution in [-0.4, -0.2) is 24.5 Å². The van der Waals surface area contributed by atoms with Crippen molar-refractivity contribution < 1.29 is 4.79 Å². The van der Waals surface area contributed by atoms with Crippen molar-refractivity contribution in [2.75, 3.05) is 18.9 Å². The van der Waals surface area contributed by atoms with E-state index in [0.717, 1.165) is 17.1 Å². The summed E-state index contributed by atoms with van der Waals surface area (Å²) in [6, 6.07) is 0. The highest BCUT2D eigenvalue weighted by Gasteiger charge is 2.06. The molecule has 1 amide bonds. The maximum Gasteiger partial charge on any atom is 0.238 e. The first-order valence-corrected chi connectivity index (χ1v) is 5.02. The molecule has 0 fully saturated rings. The second kappa shape index (κ2) is 4.94. The predicted octanol–water partition coefficient (Wildman–Crippen LogP) is 0.863. The van der Waals surface area contributed by atoms with E-state index in [0.29, 0.717) is 6.54 Å². The van der Waals surface area contributed by atoms with Crippen LogP contribution in [0.4, 0.5) is 5.00 Å². The summed E-state index contributed by atoms with van der Waals surface area (Å²) in [5.74, 6) is -0.0264. The van der Waals surface area contributed by atoms with E-state index < -0.39 is 0 Å². The number of amides is 1. The summed E-state index contributed by atoms with van der Waals surface area (Å²) in [6.07, 6.45) is 0.846. The van der Waals surface area contributed by atoms with Crippen molar-refractivity contribution in [3.8, 4) is 0 Å². The number of likely N-dealkylation sites (N-methyl/N-ethyl adjacent to an activating group) is 1. The van der Waals surface area contributed by atoms with Crippen molar-refractivity contribution in [2.24, 2.45) is 0 Å². The van der Waals surface area contributed by atoms with Crippen LogP contribution in [0.1, 0.15) is 12.6 Å². The Labute approximate surface area is 81.4 Å². The van der Waals surface area contributed by atoms with E-state index in [9.17, 15) is 4.79 Å². The summed E-state index contributed by atoms with van der Waals surface area (Å²) in [7, 11) is 1.74. The number of aromatic nitrogens is 1. The second-order valence-electron chi connectivity index (χ2n) is 2.56. The first kappa shape index (κ1) is 10.1. The summed E-state index contributed by atoms with van der Waals surface area (Å²) in [4.78, 5) is 15.3. The van der Waals surface area contributed by atoms with Gasteiger partial charge >= 0.3 is 0 Å². The minimum absolute atomic E-state index is 0.0264. The molecule has 0 unspecified atom stereocenters. The topological polar surface area (TPSA) is 54.0 Å². The molecular weight excluding hydrogens is 186 g/mol. The number of carbonyl (C=O) groups is 1. The molecule has 1 rings (SSSR count). The average molecular weight is 199 g/mol. The Kier molecular flexibility index (Phi) is 3.85. The molecule has 0 radical (unpaired) electrons. The third kappa shape index (κ3) is 2.78. The summed E-state index contributed by atoms with van der Waals surface area (Å²) in [5, 5.41) is 6.45. The maximum absolute atomic E-state index is 11.2. The quantitative estimate of drug-likeness (QED) is 0.756. The molecular formula is C8H13N3OS. The fraction of sp³-hybridized carbons (Fsp3) is 0.500. The highest BCUT2D eigenvalue weighted by molar-refractivity contribution is 7.14. The molecule has 1 aromatic rings. The van der Waals surface area contributed by atoms with Gasteiger partial charge in [0.15, 0.2) is 0 Å². The van der Waals surface area contributed by atoms with Crippen LogP contribution in [0, 0.1) is 0 Å². The van der Waals surface area contributed by atoms with Gasteiger partial charge in [-0.25, -0.2) is 4.98 Å². The summed E-state index contributed by atoms with van der Waals surface area (Å²) in [6.45, 7) is 2.35. The van der Waals surface area contributed by atoms with Gasteiger partial charge in [-0.3, -0.25) is 4.79 Å². The number of nitrogens with zero attached hydrogens (tertiary/aromatic N) is 1. The molecule has 0 aliphatic heterocycles. The normalized spacial score (nSPS) is 10.0. The van der Waals surface area contributed by atoms with Gasteiger partial charge in [0.2, 0.25) is 5.91 Å². The van der Waals surface area contributed by atoms with Gasteiger partial charge in [0.25, 0.3) is 0 Å². The van der Waals surface area contributed by atoms with Gasteiger partial charge in [-0.1, -0.05) is 6.92 Å². The van der Waals surface area contributed by atoms with Crippen molar-refractivity contribution in [2.45, 2.75) is 13.3 Å². The van der Waals surface area contributed by atoms with E-state index in [4.69, 9.17) is 0 Å². The second-order valence-corrected chi connectivity index (χ2v) is 3.42. The Bertz CT molecular complexity index is 285. The highest BCUT2D eigenvalue weighted by Crippen LogP contribution is 2.19. The first-order valence-electron chi connectivity index (χ1n) is 4.14. The maximum atomic E-state index is 11.2. The third-order valence-electron chi connectivity index (χ3n) is 1.57. The van der Waals surface area contributed by atoms with E-state index in [2.05, 4.69) is 15.6 Å². The zero-order valence-corrected chi connectivity index (χ0v) is 8.57. The number of hydrogen-bond acceptors (Lipinski definition) is 4. The molecule has 0 aromatic carbocycles. The molecule has 0 saturated carbocycles. The van der Waals surface area contributed by atoms with Gasteiger partial charge in [0.1, 0.15) is 5.00 Å². The molecule has 0 bridgehead atoms. The van der Waals surface area contributed by atoms with E-state index in [1.165, 1.54) is 11.3 Å². The number of carbonyl (C=O) groups excluding carboxylic acids is 1. The summed E-state index contributed by atoms with van der Waals surface area (Å²) in [5.41, 5.74) is 2.70. The fourth-order valence-electron chi connectivity index (χ4n) is 0.954. The number of nitrogens with one attached hydrogen (secondary N) is 2. The Morgan fingerprint density at radius 1 is 1.69 bits per heavy atom. The molecule has 1 aromatic heterocycles. The smallest absolute Gasteiger partial charge is 0.238 e. The Morgan fingerprint density at radius 3 is 3.08 bits per heavy atom. The Morgan fingerprint density at radius 2 is 2.46 bits per heavy atom. The van der Waals surface area contributed by atoms with Crippen molar-refractivity contribution in [3.63, 3.8) is 0 Å². The zero-order valence-electron chi connectivity index (χ0n) is 7.76. The zero-order chi connectivity index (χ0) is 9.68. The van der Waals surface area contributed by atoms with Crippen molar-refractivity contribution in [1.29, 1.82) is 0 Å². The van der Waals surface area contributed by atoms with E-state index in [-0.39, 0.29) is 5.91 Å². The van der Waals surface area contributed by atoms with Gasteiger partial charge in [-0.05, 0) is 13.5 Å². The molecule has 0 spiro atoms. The van der Waals surface area contributed by atoms with Crippen LogP contribution in [0.15, 0.2) is 5.51 Å². The van der Waals surface area contributed by atoms with Crippen LogP contribution in [0.5, 0.6) is 0 Å². The average Bonchev–Trinajstić information content (AvgIpc) is 2.52. The molecule has 0 saturated heterocycles. The molecule has 0 aliphatic rings. The summed E-state index contributed by atoms with van der Waals surface area (Å²) < 4.78 is 0. The van der Waals surface area contributed by atoms with Crippen LogP contribution < -0.4 is 10.6 Å². The van der Waals surface area contributed by atoms with Gasteiger partial charge in [0, 0.05) is 0 Å². The minimum Gasteiger partial charge on any atom is -0.315 e. The lowest BCUT2D eigenvalue weighted by atomic mass is 10.3. The number of thiazole rings is 1. The molecule has 5 heteroatoms. The minimum atomic E-state index is -0.0264. The van der Waals surface area contributed by atoms with Gasteiger partial charge in [0.05, 0.1) is 17.7 Å². The Hall–Kier alpha value is -0.940. The number of hydrogen-bond donors (Lipinski definition) is 2. The van der Waals surface area contributed by atoms with E-state index >= 15 is 0 Å². The van der Waals surface area contributed by atoms with Crippen LogP contribution in [0.3, 0.4) is 0 Å². The monoisotopic (exact) mass is 199 g/mol. The number of aryl methyl sites for hydroxylation is 1. The predicted molar refractivity (Wildman–Crippen MR) is 54.0 cm³/mol. The molecule has 72 valence electrons. The first-order chi connectivity index (χ1) is 6.27. The van der Waals surface area contributed by atoms with Crippen LogP contribution in [0.2, 0.25) is 0 Å². The van der Waals surface area contributed by atoms with Gasteiger partial charge in [-0.2, -0.15) is 0 Å². The standard InChI is InChI=1S/C8H13N3OS/c1-3-6-8(13-5-10-6)11-7(12)4-9-2/h5,9H,3-4H2,1-2H3,(H,11,12). The highest BCUT2D eigenvalue weighted by atomic mass is 32.1. The van der Waals surface area contributed by atoms with Gasteiger partial charge < -0.3 is 10.6 Å². The van der Waals surface area contributed by atoms with Crippen LogP contribution >= 0.6 is 11.3 Å². The van der Waals surface area contributed by atoms with E-state index in [1.807, 2.05) is 6.92 Å². The van der Waals surface area contributed by atoms with Gasteiger partial charge in [-0.15, -0.1) is 11.3 Å². The third-order valence-corrected chi connectivity index (χ3v) is 2.35.